The number of carbonyl (C=O) groups is 1. The van der Waals surface area contributed by atoms with Crippen LogP contribution in [0, 0.1) is 20.8 Å². The van der Waals surface area contributed by atoms with Crippen molar-refractivity contribution in [3.05, 3.63) is 71.5 Å². The zero-order chi connectivity index (χ0) is 22.6. The number of benzene rings is 2. The van der Waals surface area contributed by atoms with E-state index in [1.165, 1.54) is 30.5 Å². The molecule has 1 atom stereocenters. The van der Waals surface area contributed by atoms with Crippen molar-refractivity contribution in [1.29, 1.82) is 0 Å². The fourth-order valence-corrected chi connectivity index (χ4v) is 3.67. The summed E-state index contributed by atoms with van der Waals surface area (Å²) in [6.07, 6.45) is 0.740. The molecule has 9 heteroatoms. The number of nitrogens with zero attached hydrogens (tertiary/aromatic N) is 2. The highest BCUT2D eigenvalue weighted by Crippen LogP contribution is 2.21. The molecule has 0 bridgehead atoms. The molecule has 0 radical (unpaired) electrons. The Morgan fingerprint density at radius 2 is 1.74 bits per heavy atom. The second-order valence-corrected chi connectivity index (χ2v) is 8.85. The molecule has 0 unspecified atom stereocenters. The first-order valence-corrected chi connectivity index (χ1v) is 11.1. The third-order valence-corrected chi connectivity index (χ3v) is 5.81. The van der Waals surface area contributed by atoms with Crippen molar-refractivity contribution >= 4 is 27.6 Å². The van der Waals surface area contributed by atoms with Gasteiger partial charge in [-0.25, -0.2) is 23.1 Å². The second kappa shape index (κ2) is 9.13. The summed E-state index contributed by atoms with van der Waals surface area (Å²) in [5.41, 5.74) is 3.06. The fraction of sp³-hybridized carbons (Fsp3) is 0.227. The second-order valence-electron chi connectivity index (χ2n) is 7.17. The van der Waals surface area contributed by atoms with E-state index in [4.69, 9.17) is 4.74 Å². The summed E-state index contributed by atoms with van der Waals surface area (Å²) in [7, 11) is -3.85. The number of hydrogen-bond acceptors (Lipinski definition) is 6. The molecule has 0 aliphatic carbocycles. The van der Waals surface area contributed by atoms with Crippen LogP contribution in [0.4, 0.5) is 11.6 Å². The topological polar surface area (TPSA) is 110 Å². The molecule has 8 nitrogen and oxygen atoms in total. The van der Waals surface area contributed by atoms with Crippen molar-refractivity contribution in [3.8, 4) is 5.75 Å². The summed E-state index contributed by atoms with van der Waals surface area (Å²) in [5, 5.41) is 2.73. The summed E-state index contributed by atoms with van der Waals surface area (Å²) in [4.78, 5) is 20.4. The van der Waals surface area contributed by atoms with Gasteiger partial charge < -0.3 is 10.1 Å². The Kier molecular flexibility index (Phi) is 6.55. The van der Waals surface area contributed by atoms with Crippen molar-refractivity contribution < 1.29 is 17.9 Å². The Labute approximate surface area is 181 Å². The first-order valence-electron chi connectivity index (χ1n) is 9.61. The summed E-state index contributed by atoms with van der Waals surface area (Å²) >= 11 is 0. The van der Waals surface area contributed by atoms with E-state index in [-0.39, 0.29) is 16.8 Å². The zero-order valence-electron chi connectivity index (χ0n) is 17.7. The van der Waals surface area contributed by atoms with Gasteiger partial charge in [0, 0.05) is 17.6 Å². The van der Waals surface area contributed by atoms with Gasteiger partial charge in [-0.3, -0.25) is 4.79 Å². The van der Waals surface area contributed by atoms with Gasteiger partial charge in [-0.05, 0) is 75.2 Å². The van der Waals surface area contributed by atoms with E-state index in [1.54, 1.807) is 19.9 Å². The van der Waals surface area contributed by atoms with Gasteiger partial charge in [-0.15, -0.1) is 0 Å². The number of amides is 1. The Morgan fingerprint density at radius 1 is 1.03 bits per heavy atom. The number of sulfonamides is 1. The molecule has 3 aromatic rings. The molecule has 0 spiro atoms. The van der Waals surface area contributed by atoms with E-state index in [0.717, 1.165) is 11.1 Å². The number of aromatic nitrogens is 2. The normalized spacial score (nSPS) is 12.1. The van der Waals surface area contributed by atoms with Crippen LogP contribution in [-0.2, 0) is 14.8 Å². The molecule has 31 heavy (non-hydrogen) atoms. The number of carbonyl (C=O) groups excluding carboxylic acids is 1. The summed E-state index contributed by atoms with van der Waals surface area (Å²) in [5.74, 6) is 0.297. The highest BCUT2D eigenvalue weighted by atomic mass is 32.2. The molecule has 1 aromatic heterocycles. The molecule has 0 fully saturated rings. The maximum Gasteiger partial charge on any atom is 0.265 e. The van der Waals surface area contributed by atoms with E-state index in [2.05, 4.69) is 20.0 Å². The van der Waals surface area contributed by atoms with Gasteiger partial charge in [0.25, 0.3) is 15.9 Å². The predicted octanol–water partition coefficient (Wildman–Crippen LogP) is 3.61. The van der Waals surface area contributed by atoms with Crippen LogP contribution in [0.5, 0.6) is 5.75 Å². The zero-order valence-corrected chi connectivity index (χ0v) is 18.5. The van der Waals surface area contributed by atoms with Crippen molar-refractivity contribution in [3.63, 3.8) is 0 Å². The minimum atomic E-state index is -3.85. The maximum atomic E-state index is 12.5. The van der Waals surface area contributed by atoms with Crippen LogP contribution >= 0.6 is 0 Å². The summed E-state index contributed by atoms with van der Waals surface area (Å²) in [6, 6.07) is 13.3. The molecule has 162 valence electrons. The number of anilines is 2. The minimum absolute atomic E-state index is 0.00482. The number of nitrogens with one attached hydrogen (secondary N) is 2. The first-order chi connectivity index (χ1) is 14.6. The highest BCUT2D eigenvalue weighted by Gasteiger charge is 2.18. The van der Waals surface area contributed by atoms with Gasteiger partial charge in [0.15, 0.2) is 6.10 Å². The third-order valence-electron chi connectivity index (χ3n) is 4.47. The largest absolute Gasteiger partial charge is 0.481 e. The van der Waals surface area contributed by atoms with Crippen LogP contribution in [0.3, 0.4) is 0 Å². The van der Waals surface area contributed by atoms with Crippen molar-refractivity contribution in [2.45, 2.75) is 38.7 Å². The Balaban J connectivity index is 1.65. The van der Waals surface area contributed by atoms with E-state index in [1.807, 2.05) is 32.0 Å². The average molecular weight is 441 g/mol. The van der Waals surface area contributed by atoms with Crippen LogP contribution in [0.1, 0.15) is 23.7 Å². The SMILES string of the molecule is Cc1ccc(C)c(O[C@H](C)C(=O)Nc2ccc(S(=O)(=O)Nc3nccc(C)n3)cc2)c1. The minimum Gasteiger partial charge on any atom is -0.481 e. The molecular formula is C22H24N4O4S. The Morgan fingerprint density at radius 3 is 2.42 bits per heavy atom. The Bertz CT molecular complexity index is 1190. The van der Waals surface area contributed by atoms with Crippen molar-refractivity contribution in [2.75, 3.05) is 10.0 Å². The molecule has 2 aromatic carbocycles. The number of aryl methyl sites for hydroxylation is 3. The van der Waals surface area contributed by atoms with Crippen LogP contribution in [0.15, 0.2) is 59.6 Å². The van der Waals surface area contributed by atoms with Crippen LogP contribution in [0.25, 0.3) is 0 Å². The molecule has 0 aliphatic rings. The average Bonchev–Trinajstić information content (AvgIpc) is 2.70. The number of hydrogen-bond donors (Lipinski definition) is 2. The lowest BCUT2D eigenvalue weighted by Gasteiger charge is -2.17. The summed E-state index contributed by atoms with van der Waals surface area (Å²) < 4.78 is 33.2. The molecule has 2 N–H and O–H groups in total. The monoisotopic (exact) mass is 440 g/mol. The van der Waals surface area contributed by atoms with Gasteiger partial charge in [0.2, 0.25) is 5.95 Å². The fourth-order valence-electron chi connectivity index (χ4n) is 2.72. The smallest absolute Gasteiger partial charge is 0.265 e. The molecular weight excluding hydrogens is 416 g/mol. The standard InChI is InChI=1S/C22H24N4O4S/c1-14-5-6-15(2)20(13-14)30-17(4)21(27)25-18-7-9-19(10-8-18)31(28,29)26-22-23-12-11-16(3)24-22/h5-13,17H,1-4H3,(H,25,27)(H,23,24,26)/t17-/m1/s1. The molecule has 1 heterocycles. The van der Waals surface area contributed by atoms with Crippen LogP contribution in [0.2, 0.25) is 0 Å². The lowest BCUT2D eigenvalue weighted by Crippen LogP contribution is -2.30. The number of rotatable bonds is 7. The van der Waals surface area contributed by atoms with Crippen LogP contribution in [-0.4, -0.2) is 30.4 Å². The third kappa shape index (κ3) is 5.79. The predicted molar refractivity (Wildman–Crippen MR) is 119 cm³/mol. The quantitative estimate of drug-likeness (QED) is 0.581. The Hall–Kier alpha value is -3.46. The van der Waals surface area contributed by atoms with Crippen molar-refractivity contribution in [2.24, 2.45) is 0 Å². The van der Waals surface area contributed by atoms with E-state index in [9.17, 15) is 13.2 Å². The van der Waals surface area contributed by atoms with E-state index >= 15 is 0 Å². The lowest BCUT2D eigenvalue weighted by atomic mass is 10.1. The first kappa shape index (κ1) is 22.2. The van der Waals surface area contributed by atoms with E-state index in [0.29, 0.717) is 17.1 Å². The van der Waals surface area contributed by atoms with Gasteiger partial charge in [-0.1, -0.05) is 12.1 Å². The van der Waals surface area contributed by atoms with Gasteiger partial charge in [-0.2, -0.15) is 0 Å². The van der Waals surface area contributed by atoms with E-state index < -0.39 is 16.1 Å². The van der Waals surface area contributed by atoms with Gasteiger partial charge in [0.1, 0.15) is 5.75 Å². The lowest BCUT2D eigenvalue weighted by molar-refractivity contribution is -0.122. The number of ether oxygens (including phenoxy) is 1. The molecule has 0 saturated heterocycles. The summed E-state index contributed by atoms with van der Waals surface area (Å²) in [6.45, 7) is 7.25. The molecule has 0 aliphatic heterocycles. The van der Waals surface area contributed by atoms with Gasteiger partial charge in [0.05, 0.1) is 4.90 Å². The maximum absolute atomic E-state index is 12.5. The molecule has 0 saturated carbocycles. The van der Waals surface area contributed by atoms with Gasteiger partial charge >= 0.3 is 0 Å². The molecule has 1 amide bonds. The van der Waals surface area contributed by atoms with Crippen molar-refractivity contribution in [1.82, 2.24) is 9.97 Å². The highest BCUT2D eigenvalue weighted by molar-refractivity contribution is 7.92. The molecule has 3 rings (SSSR count). The van der Waals surface area contributed by atoms with Crippen LogP contribution < -0.4 is 14.8 Å².